The van der Waals surface area contributed by atoms with E-state index in [0.717, 1.165) is 0 Å². The summed E-state index contributed by atoms with van der Waals surface area (Å²) in [7, 11) is 0. The summed E-state index contributed by atoms with van der Waals surface area (Å²) in [5.41, 5.74) is -0.225. The van der Waals surface area contributed by atoms with Crippen LogP contribution in [0.3, 0.4) is 0 Å². The van der Waals surface area contributed by atoms with Gasteiger partial charge in [0.15, 0.2) is 0 Å². The van der Waals surface area contributed by atoms with Crippen LogP contribution in [0.1, 0.15) is 6.92 Å². The van der Waals surface area contributed by atoms with Crippen molar-refractivity contribution in [2.24, 2.45) is 5.18 Å². The van der Waals surface area contributed by atoms with Gasteiger partial charge in [0, 0.05) is 0 Å². The van der Waals surface area contributed by atoms with Crippen molar-refractivity contribution in [3.8, 4) is 0 Å². The lowest BCUT2D eigenvalue weighted by Crippen LogP contribution is -2.14. The van der Waals surface area contributed by atoms with Crippen LogP contribution >= 0.6 is 11.6 Å². The molecule has 0 saturated carbocycles. The summed E-state index contributed by atoms with van der Waals surface area (Å²) < 4.78 is 0. The summed E-state index contributed by atoms with van der Waals surface area (Å²) >= 11 is 5.79. The Bertz CT molecular complexity index is 453. The van der Waals surface area contributed by atoms with Crippen molar-refractivity contribution in [3.63, 3.8) is 0 Å². The van der Waals surface area contributed by atoms with Crippen molar-refractivity contribution in [2.45, 2.75) is 6.92 Å². The fourth-order valence-electron chi connectivity index (χ4n) is 1.02. The number of carbonyl (C=O) groups is 1. The zero-order valence-corrected chi connectivity index (χ0v) is 9.15. The monoisotopic (exact) mass is 240 g/mol. The average Bonchev–Trinajstić information content (AvgIpc) is 2.22. The number of nitrogens with zero attached hydrogens (tertiary/aromatic N) is 1. The Morgan fingerprint density at radius 3 is 2.56 bits per heavy atom. The Kier molecular flexibility index (Phi) is 4.02. The van der Waals surface area contributed by atoms with Gasteiger partial charge in [-0.15, -0.1) is 4.91 Å². The largest absolute Gasteiger partial charge is 0.510 e. The topological polar surface area (TPSA) is 78.8 Å². The van der Waals surface area contributed by atoms with Crippen LogP contribution in [-0.2, 0) is 4.79 Å². The number of aliphatic hydroxyl groups is 1. The standard InChI is InChI=1S/C10H9ClN2O3/c1-6(14)9(13-16)10(15)12-8-5-3-2-4-7(8)11/h2-5,14H,1H3,(H,12,15)/b9-6+. The maximum Gasteiger partial charge on any atom is 0.281 e. The maximum atomic E-state index is 11.5. The highest BCUT2D eigenvalue weighted by Gasteiger charge is 2.14. The predicted octanol–water partition coefficient (Wildman–Crippen LogP) is 2.83. The molecule has 6 heteroatoms. The molecule has 0 aromatic heterocycles. The van der Waals surface area contributed by atoms with E-state index < -0.39 is 17.4 Å². The minimum absolute atomic E-state index is 0.330. The molecule has 0 aliphatic heterocycles. The fourth-order valence-corrected chi connectivity index (χ4v) is 1.20. The van der Waals surface area contributed by atoms with E-state index >= 15 is 0 Å². The maximum absolute atomic E-state index is 11.5. The lowest BCUT2D eigenvalue weighted by atomic mass is 10.3. The molecule has 0 spiro atoms. The molecule has 0 atom stereocenters. The summed E-state index contributed by atoms with van der Waals surface area (Å²) in [6.45, 7) is 1.20. The molecule has 0 radical (unpaired) electrons. The quantitative estimate of drug-likeness (QED) is 0.484. The first kappa shape index (κ1) is 12.2. The number of rotatable bonds is 3. The van der Waals surface area contributed by atoms with E-state index in [1.807, 2.05) is 0 Å². The fraction of sp³-hybridized carbons (Fsp3) is 0.100. The van der Waals surface area contributed by atoms with Gasteiger partial charge >= 0.3 is 0 Å². The molecule has 5 nitrogen and oxygen atoms in total. The first-order valence-electron chi connectivity index (χ1n) is 4.35. The molecule has 16 heavy (non-hydrogen) atoms. The van der Waals surface area contributed by atoms with Gasteiger partial charge in [-0.3, -0.25) is 4.79 Å². The Morgan fingerprint density at radius 1 is 1.44 bits per heavy atom. The van der Waals surface area contributed by atoms with Crippen molar-refractivity contribution >= 4 is 23.2 Å². The molecule has 1 aromatic rings. The lowest BCUT2D eigenvalue weighted by molar-refractivity contribution is -0.113. The van der Waals surface area contributed by atoms with Crippen LogP contribution in [0.25, 0.3) is 0 Å². The van der Waals surface area contributed by atoms with Gasteiger partial charge < -0.3 is 10.4 Å². The molecule has 0 fully saturated rings. The summed E-state index contributed by atoms with van der Waals surface area (Å²) in [6.07, 6.45) is 0. The highest BCUT2D eigenvalue weighted by Crippen LogP contribution is 2.21. The number of hydrogen-bond acceptors (Lipinski definition) is 4. The minimum atomic E-state index is -0.803. The third kappa shape index (κ3) is 2.80. The third-order valence-corrected chi connectivity index (χ3v) is 2.10. The number of halogens is 1. The Labute approximate surface area is 96.7 Å². The number of carbonyl (C=O) groups excluding carboxylic acids is 1. The molecule has 0 aliphatic carbocycles. The van der Waals surface area contributed by atoms with Crippen LogP contribution in [0.15, 0.2) is 40.9 Å². The number of allylic oxidation sites excluding steroid dienone is 1. The van der Waals surface area contributed by atoms with Crippen LogP contribution < -0.4 is 5.32 Å². The first-order valence-corrected chi connectivity index (χ1v) is 4.73. The Balaban J connectivity index is 2.92. The zero-order valence-electron chi connectivity index (χ0n) is 8.40. The summed E-state index contributed by atoms with van der Waals surface area (Å²) in [5, 5.41) is 14.2. The summed E-state index contributed by atoms with van der Waals surface area (Å²) in [6, 6.07) is 6.52. The smallest absolute Gasteiger partial charge is 0.281 e. The Morgan fingerprint density at radius 2 is 2.06 bits per heavy atom. The highest BCUT2D eigenvalue weighted by molar-refractivity contribution is 6.33. The highest BCUT2D eigenvalue weighted by atomic mass is 35.5. The second-order valence-electron chi connectivity index (χ2n) is 2.96. The molecule has 84 valence electrons. The number of nitrogens with one attached hydrogen (secondary N) is 1. The van der Waals surface area contributed by atoms with Gasteiger partial charge in [0.1, 0.15) is 5.76 Å². The van der Waals surface area contributed by atoms with Crippen LogP contribution in [0.2, 0.25) is 5.02 Å². The van der Waals surface area contributed by atoms with Crippen LogP contribution in [0.4, 0.5) is 5.69 Å². The van der Waals surface area contributed by atoms with Gasteiger partial charge in [-0.1, -0.05) is 23.7 Å². The summed E-state index contributed by atoms with van der Waals surface area (Å²) in [5.74, 6) is -1.25. The molecule has 0 bridgehead atoms. The third-order valence-electron chi connectivity index (χ3n) is 1.77. The SMILES string of the molecule is C/C(O)=C(\N=O)C(=O)Nc1ccccc1Cl. The van der Waals surface area contributed by atoms with Crippen molar-refractivity contribution < 1.29 is 9.90 Å². The normalized spacial score (nSPS) is 11.6. The second-order valence-corrected chi connectivity index (χ2v) is 3.37. The van der Waals surface area contributed by atoms with E-state index in [9.17, 15) is 9.70 Å². The van der Waals surface area contributed by atoms with E-state index in [0.29, 0.717) is 10.7 Å². The van der Waals surface area contributed by atoms with Gasteiger partial charge in [0.05, 0.1) is 10.7 Å². The van der Waals surface area contributed by atoms with Crippen LogP contribution in [-0.4, -0.2) is 11.0 Å². The molecule has 0 saturated heterocycles. The predicted molar refractivity (Wildman–Crippen MR) is 61.2 cm³/mol. The van der Waals surface area contributed by atoms with Crippen LogP contribution in [0.5, 0.6) is 0 Å². The van der Waals surface area contributed by atoms with Crippen LogP contribution in [0, 0.1) is 4.91 Å². The number of para-hydroxylation sites is 1. The number of hydrogen-bond donors (Lipinski definition) is 2. The van der Waals surface area contributed by atoms with Crippen molar-refractivity contribution in [3.05, 3.63) is 45.7 Å². The molecular formula is C10H9ClN2O3. The number of nitroso groups, excluding NO2 is 1. The second kappa shape index (κ2) is 5.27. The molecular weight excluding hydrogens is 232 g/mol. The molecule has 0 unspecified atom stereocenters. The molecule has 0 aliphatic rings. The van der Waals surface area contributed by atoms with Gasteiger partial charge in [-0.2, -0.15) is 0 Å². The Hall–Kier alpha value is -1.88. The van der Waals surface area contributed by atoms with Crippen molar-refractivity contribution in [2.75, 3.05) is 5.32 Å². The van der Waals surface area contributed by atoms with Gasteiger partial charge in [-0.25, -0.2) is 0 Å². The van der Waals surface area contributed by atoms with Gasteiger partial charge in [0.25, 0.3) is 5.91 Å². The number of anilines is 1. The number of benzene rings is 1. The van der Waals surface area contributed by atoms with E-state index in [1.54, 1.807) is 24.3 Å². The van der Waals surface area contributed by atoms with Crippen molar-refractivity contribution in [1.29, 1.82) is 0 Å². The molecule has 1 aromatic carbocycles. The average molecular weight is 241 g/mol. The van der Waals surface area contributed by atoms with Gasteiger partial charge in [0.2, 0.25) is 5.70 Å². The van der Waals surface area contributed by atoms with E-state index in [4.69, 9.17) is 16.7 Å². The molecule has 2 N–H and O–H groups in total. The van der Waals surface area contributed by atoms with Crippen molar-refractivity contribution in [1.82, 2.24) is 0 Å². The number of amides is 1. The van der Waals surface area contributed by atoms with Gasteiger partial charge in [-0.05, 0) is 24.2 Å². The minimum Gasteiger partial charge on any atom is -0.510 e. The van der Waals surface area contributed by atoms with E-state index in [2.05, 4.69) is 10.5 Å². The molecule has 0 heterocycles. The summed E-state index contributed by atoms with van der Waals surface area (Å²) in [4.78, 5) is 21.8. The molecule has 1 rings (SSSR count). The first-order chi connectivity index (χ1) is 7.56. The zero-order chi connectivity index (χ0) is 12.1. The van der Waals surface area contributed by atoms with E-state index in [-0.39, 0.29) is 0 Å². The lowest BCUT2D eigenvalue weighted by Gasteiger charge is -2.05. The molecule has 1 amide bonds. The number of aliphatic hydroxyl groups excluding tert-OH is 1. The van der Waals surface area contributed by atoms with E-state index in [1.165, 1.54) is 6.92 Å².